The number of nitrogens with zero attached hydrogens (tertiary/aromatic N) is 3. The second kappa shape index (κ2) is 7.48. The number of fused-ring (bicyclic) bond motifs is 1. The molecule has 3 aromatic carbocycles. The van der Waals surface area contributed by atoms with Gasteiger partial charge in [-0.15, -0.1) is 0 Å². The first kappa shape index (κ1) is 17.7. The summed E-state index contributed by atoms with van der Waals surface area (Å²) < 4.78 is 0. The molecule has 0 saturated heterocycles. The molecule has 5 nitrogen and oxygen atoms in total. The highest BCUT2D eigenvalue weighted by molar-refractivity contribution is 6.02. The largest absolute Gasteiger partial charge is 0.507 e. The van der Waals surface area contributed by atoms with Gasteiger partial charge in [-0.25, -0.2) is 9.97 Å². The van der Waals surface area contributed by atoms with Gasteiger partial charge in [0, 0.05) is 22.4 Å². The van der Waals surface area contributed by atoms with Crippen molar-refractivity contribution in [3.63, 3.8) is 0 Å². The van der Waals surface area contributed by atoms with Gasteiger partial charge in [-0.1, -0.05) is 60.7 Å². The Labute approximate surface area is 163 Å². The van der Waals surface area contributed by atoms with Crippen molar-refractivity contribution in [2.75, 3.05) is 5.43 Å². The molecule has 0 fully saturated rings. The summed E-state index contributed by atoms with van der Waals surface area (Å²) in [5.41, 5.74) is 6.44. The number of nitrogens with one attached hydrogen (secondary N) is 1. The monoisotopic (exact) mass is 368 g/mol. The molecular formula is C23H20N4O. The standard InChI is InChI=1S/C23H20N4O/c1-15-16(2)25-23(18-9-4-3-5-10-18)26-22(15)27-24-14-20-19-11-7-6-8-17(19)12-13-21(20)28/h3-14,28H,1-2H3,(H,25,26,27)/b24-14-. The zero-order chi connectivity index (χ0) is 19.5. The molecular weight excluding hydrogens is 348 g/mol. The molecule has 4 aromatic rings. The molecule has 138 valence electrons. The Balaban J connectivity index is 1.67. The maximum atomic E-state index is 10.3. The van der Waals surface area contributed by atoms with Gasteiger partial charge < -0.3 is 5.11 Å². The number of phenols is 1. The van der Waals surface area contributed by atoms with Gasteiger partial charge in [0.2, 0.25) is 0 Å². The Kier molecular flexibility index (Phi) is 4.72. The number of aryl methyl sites for hydroxylation is 1. The van der Waals surface area contributed by atoms with E-state index in [9.17, 15) is 5.11 Å². The Morgan fingerprint density at radius 2 is 1.64 bits per heavy atom. The zero-order valence-corrected chi connectivity index (χ0v) is 15.7. The Morgan fingerprint density at radius 3 is 2.46 bits per heavy atom. The highest BCUT2D eigenvalue weighted by Gasteiger charge is 2.09. The third-order valence-electron chi connectivity index (χ3n) is 4.73. The second-order valence-corrected chi connectivity index (χ2v) is 6.56. The fourth-order valence-electron chi connectivity index (χ4n) is 3.03. The van der Waals surface area contributed by atoms with Gasteiger partial charge >= 0.3 is 0 Å². The van der Waals surface area contributed by atoms with Crippen molar-refractivity contribution in [1.82, 2.24) is 9.97 Å². The Bertz CT molecular complexity index is 1170. The molecule has 0 amide bonds. The maximum absolute atomic E-state index is 10.3. The van der Waals surface area contributed by atoms with Crippen molar-refractivity contribution >= 4 is 22.8 Å². The van der Waals surface area contributed by atoms with Gasteiger partial charge in [0.05, 0.1) is 6.21 Å². The minimum atomic E-state index is 0.185. The topological polar surface area (TPSA) is 70.4 Å². The lowest BCUT2D eigenvalue weighted by Crippen LogP contribution is -2.03. The second-order valence-electron chi connectivity index (χ2n) is 6.56. The highest BCUT2D eigenvalue weighted by Crippen LogP contribution is 2.26. The van der Waals surface area contributed by atoms with Crippen LogP contribution in [0.3, 0.4) is 0 Å². The number of aromatic nitrogens is 2. The Hall–Kier alpha value is -3.73. The van der Waals surface area contributed by atoms with Crippen LogP contribution in [0.1, 0.15) is 16.8 Å². The highest BCUT2D eigenvalue weighted by atomic mass is 16.3. The van der Waals surface area contributed by atoms with E-state index in [1.165, 1.54) is 0 Å². The molecule has 0 radical (unpaired) electrons. The van der Waals surface area contributed by atoms with Crippen molar-refractivity contribution < 1.29 is 5.11 Å². The van der Waals surface area contributed by atoms with Crippen molar-refractivity contribution in [3.8, 4) is 17.1 Å². The van der Waals surface area contributed by atoms with Crippen LogP contribution in [0.2, 0.25) is 0 Å². The number of benzene rings is 3. The molecule has 0 atom stereocenters. The lowest BCUT2D eigenvalue weighted by molar-refractivity contribution is 0.475. The molecule has 0 aliphatic rings. The fraction of sp³-hybridized carbons (Fsp3) is 0.0870. The number of phenolic OH excluding ortho intramolecular Hbond substituents is 1. The van der Waals surface area contributed by atoms with Gasteiger partial charge in [0.25, 0.3) is 0 Å². The van der Waals surface area contributed by atoms with Crippen molar-refractivity contribution in [2.24, 2.45) is 5.10 Å². The third-order valence-corrected chi connectivity index (χ3v) is 4.73. The third kappa shape index (κ3) is 3.42. The molecule has 0 spiro atoms. The van der Waals surface area contributed by atoms with Crippen LogP contribution >= 0.6 is 0 Å². The van der Waals surface area contributed by atoms with Crippen LogP contribution in [0.25, 0.3) is 22.2 Å². The SMILES string of the molecule is Cc1nc(-c2ccccc2)nc(N/N=C\c2c(O)ccc3ccccc23)c1C. The minimum absolute atomic E-state index is 0.185. The molecule has 1 heterocycles. The van der Waals surface area contributed by atoms with E-state index in [1.54, 1.807) is 12.3 Å². The quantitative estimate of drug-likeness (QED) is 0.390. The molecule has 0 aliphatic carbocycles. The summed E-state index contributed by atoms with van der Waals surface area (Å²) in [4.78, 5) is 9.20. The lowest BCUT2D eigenvalue weighted by Gasteiger charge is -2.10. The number of rotatable bonds is 4. The average molecular weight is 368 g/mol. The summed E-state index contributed by atoms with van der Waals surface area (Å²) >= 11 is 0. The van der Waals surface area contributed by atoms with E-state index >= 15 is 0 Å². The van der Waals surface area contributed by atoms with E-state index < -0.39 is 0 Å². The summed E-state index contributed by atoms with van der Waals surface area (Å²) in [6, 6.07) is 21.3. The van der Waals surface area contributed by atoms with E-state index in [1.807, 2.05) is 74.5 Å². The van der Waals surface area contributed by atoms with Crippen LogP contribution in [0.5, 0.6) is 5.75 Å². The van der Waals surface area contributed by atoms with Crippen LogP contribution in [-0.2, 0) is 0 Å². The summed E-state index contributed by atoms with van der Waals surface area (Å²) in [5.74, 6) is 1.47. The molecule has 0 saturated carbocycles. The molecule has 0 aliphatic heterocycles. The summed E-state index contributed by atoms with van der Waals surface area (Å²) in [5, 5.41) is 16.6. The number of anilines is 1. The normalized spacial score (nSPS) is 11.2. The summed E-state index contributed by atoms with van der Waals surface area (Å²) in [6.45, 7) is 3.91. The molecule has 5 heteroatoms. The number of hydrazone groups is 1. The van der Waals surface area contributed by atoms with E-state index in [0.717, 1.165) is 27.6 Å². The number of aromatic hydroxyl groups is 1. The average Bonchev–Trinajstić information content (AvgIpc) is 2.73. The Morgan fingerprint density at radius 1 is 0.893 bits per heavy atom. The van der Waals surface area contributed by atoms with Crippen molar-refractivity contribution in [1.29, 1.82) is 0 Å². The van der Waals surface area contributed by atoms with Gasteiger partial charge in [0.1, 0.15) is 5.75 Å². The first-order valence-electron chi connectivity index (χ1n) is 9.04. The van der Waals surface area contributed by atoms with Crippen LogP contribution < -0.4 is 5.43 Å². The van der Waals surface area contributed by atoms with Crippen molar-refractivity contribution in [3.05, 3.63) is 83.6 Å². The van der Waals surface area contributed by atoms with Crippen LogP contribution in [-0.4, -0.2) is 21.3 Å². The van der Waals surface area contributed by atoms with E-state index in [2.05, 4.69) is 20.5 Å². The van der Waals surface area contributed by atoms with Crippen LogP contribution in [0.4, 0.5) is 5.82 Å². The molecule has 1 aromatic heterocycles. The zero-order valence-electron chi connectivity index (χ0n) is 15.7. The molecule has 2 N–H and O–H groups in total. The predicted molar refractivity (Wildman–Crippen MR) is 114 cm³/mol. The number of hydrogen-bond acceptors (Lipinski definition) is 5. The van der Waals surface area contributed by atoms with Crippen molar-refractivity contribution in [2.45, 2.75) is 13.8 Å². The maximum Gasteiger partial charge on any atom is 0.161 e. The van der Waals surface area contributed by atoms with E-state index in [0.29, 0.717) is 17.2 Å². The van der Waals surface area contributed by atoms with Crippen LogP contribution in [0, 0.1) is 13.8 Å². The summed E-state index contributed by atoms with van der Waals surface area (Å²) in [7, 11) is 0. The van der Waals surface area contributed by atoms with Gasteiger partial charge in [-0.05, 0) is 30.7 Å². The summed E-state index contributed by atoms with van der Waals surface area (Å²) in [6.07, 6.45) is 1.62. The van der Waals surface area contributed by atoms with Gasteiger partial charge in [-0.2, -0.15) is 5.10 Å². The van der Waals surface area contributed by atoms with E-state index in [-0.39, 0.29) is 5.75 Å². The van der Waals surface area contributed by atoms with Crippen LogP contribution in [0.15, 0.2) is 71.8 Å². The first-order valence-corrected chi connectivity index (χ1v) is 9.04. The number of hydrogen-bond donors (Lipinski definition) is 2. The lowest BCUT2D eigenvalue weighted by atomic mass is 10.0. The molecule has 4 rings (SSSR count). The molecule has 28 heavy (non-hydrogen) atoms. The minimum Gasteiger partial charge on any atom is -0.507 e. The molecule has 0 unspecified atom stereocenters. The molecule has 0 bridgehead atoms. The van der Waals surface area contributed by atoms with Gasteiger partial charge in [-0.3, -0.25) is 5.43 Å². The first-order chi connectivity index (χ1) is 13.6. The smallest absolute Gasteiger partial charge is 0.161 e. The van der Waals surface area contributed by atoms with E-state index in [4.69, 9.17) is 0 Å². The van der Waals surface area contributed by atoms with Gasteiger partial charge in [0.15, 0.2) is 11.6 Å². The fourth-order valence-corrected chi connectivity index (χ4v) is 3.03. The predicted octanol–water partition coefficient (Wildman–Crippen LogP) is 5.07.